The molecule has 24 nitrogen and oxygen atoms in total. The predicted molar refractivity (Wildman–Crippen MR) is 219 cm³/mol. The number of ether oxygens (including phenoxy) is 6. The molecule has 24 heteroatoms. The average molecular weight is 887 g/mol. The zero-order valence-electron chi connectivity index (χ0n) is 35.4. The third-order valence-corrected chi connectivity index (χ3v) is 12.4. The van der Waals surface area contributed by atoms with E-state index in [4.69, 9.17) is 74.3 Å². The normalized spacial score (nSPS) is 43.5. The summed E-state index contributed by atoms with van der Waals surface area (Å²) < 4.78 is 35.7. The SMILES string of the molecule is CCN(CCCN(CC)C[C@@H](O)CO[C@@H]1[C@@H](O)[C@H](N)C[C@H](N)[C@H]1O[C@H]1O[C@H](CN)[C@@H](O)[C@H](O)[C@H]1N)C[C@@H](O)CO[C@@H]1[C@@H](O)[C@H](N)C[C@H](N)[C@H]1O[C@H]1O[C@H](CN)[C@@H](O)[C@H](O)[C@H]1N. The third-order valence-electron chi connectivity index (χ3n) is 12.4. The predicted octanol–water partition coefficient (Wildman–Crippen LogP) is -9.41. The van der Waals surface area contributed by atoms with Crippen LogP contribution in [0.1, 0.15) is 33.1 Å². The molecule has 24 N–H and O–H groups in total. The summed E-state index contributed by atoms with van der Waals surface area (Å²) in [4.78, 5) is 4.07. The van der Waals surface area contributed by atoms with Gasteiger partial charge >= 0.3 is 0 Å². The maximum Gasteiger partial charge on any atom is 0.176 e. The fraction of sp³-hybridized carbons (Fsp3) is 1.00. The molecule has 2 saturated heterocycles. The Bertz CT molecular complexity index is 1170. The van der Waals surface area contributed by atoms with Gasteiger partial charge in [0.05, 0.1) is 49.7 Å². The molecule has 0 aromatic carbocycles. The number of likely N-dealkylation sites (N-methyl/N-ethyl adjacent to an activating group) is 2. The standard InChI is InChI=1S/C37H78N10O14/c1-3-46(12-16(48)14-56-34-26(50)18(40)8-20(42)32(34)60-36-24(44)30(54)28(52)22(10-38)58-36)6-5-7-47(4-2)13-17(49)15-57-35-27(51)19(41)9-21(43)33(35)61-37-25(45)31(55)29(53)23(11-39)59-37/h16-37,48-55H,3-15,38-45H2,1-2H3/t16-,17-,18-,19-,20+,21+,22-,23-,24-,25-,26+,27+,28-,29-,30-,31-,32-,33-,34-,35-,36-,37-/m1/s1. The topological polar surface area (TPSA) is 432 Å². The molecule has 0 aromatic rings. The van der Waals surface area contributed by atoms with Crippen molar-refractivity contribution in [3.05, 3.63) is 0 Å². The molecule has 2 saturated carbocycles. The van der Waals surface area contributed by atoms with Gasteiger partial charge in [0.25, 0.3) is 0 Å². The lowest BCUT2D eigenvalue weighted by molar-refractivity contribution is -0.292. The van der Waals surface area contributed by atoms with Crippen LogP contribution < -0.4 is 45.9 Å². The average Bonchev–Trinajstić information content (AvgIpc) is 3.23. The molecule has 0 radical (unpaired) electrons. The summed E-state index contributed by atoms with van der Waals surface area (Å²) in [6, 6.07) is -5.19. The minimum Gasteiger partial charge on any atom is -0.389 e. The second kappa shape index (κ2) is 24.5. The van der Waals surface area contributed by atoms with Gasteiger partial charge in [0, 0.05) is 50.3 Å². The lowest BCUT2D eigenvalue weighted by Crippen LogP contribution is -2.68. The molecule has 2 heterocycles. The van der Waals surface area contributed by atoms with E-state index in [2.05, 4.69) is 0 Å². The number of hydrogen-bond acceptors (Lipinski definition) is 24. The molecule has 0 spiro atoms. The second-order valence-electron chi connectivity index (χ2n) is 17.0. The zero-order chi connectivity index (χ0) is 45.3. The minimum absolute atomic E-state index is 0.107. The molecule has 22 atom stereocenters. The number of nitrogens with two attached hydrogens (primary N) is 8. The second-order valence-corrected chi connectivity index (χ2v) is 17.0. The Morgan fingerprint density at radius 1 is 0.541 bits per heavy atom. The summed E-state index contributed by atoms with van der Waals surface area (Å²) in [6.45, 7) is 6.23. The molecule has 0 bridgehead atoms. The highest BCUT2D eigenvalue weighted by molar-refractivity contribution is 5.02. The van der Waals surface area contributed by atoms with E-state index >= 15 is 0 Å². The summed E-state index contributed by atoms with van der Waals surface area (Å²) in [6.07, 6.45) is -17.1. The van der Waals surface area contributed by atoms with Gasteiger partial charge in [0.1, 0.15) is 61.0 Å². The van der Waals surface area contributed by atoms with Crippen LogP contribution in [0.4, 0.5) is 0 Å². The van der Waals surface area contributed by atoms with Gasteiger partial charge in [0.2, 0.25) is 0 Å². The van der Waals surface area contributed by atoms with Crippen LogP contribution in [0.5, 0.6) is 0 Å². The van der Waals surface area contributed by atoms with Gasteiger partial charge in [-0.3, -0.25) is 0 Å². The molecule has 2 aliphatic heterocycles. The molecule has 0 amide bonds. The van der Waals surface area contributed by atoms with Crippen LogP contribution in [0, 0.1) is 0 Å². The zero-order valence-corrected chi connectivity index (χ0v) is 35.4. The minimum atomic E-state index is -1.39. The fourth-order valence-electron chi connectivity index (χ4n) is 8.55. The summed E-state index contributed by atoms with van der Waals surface area (Å²) in [5.74, 6) is 0. The molecule has 2 aliphatic carbocycles. The smallest absolute Gasteiger partial charge is 0.176 e. The Morgan fingerprint density at radius 2 is 0.902 bits per heavy atom. The van der Waals surface area contributed by atoms with Crippen molar-refractivity contribution in [1.82, 2.24) is 9.80 Å². The summed E-state index contributed by atoms with van der Waals surface area (Å²) in [5, 5.41) is 85.5. The molecular weight excluding hydrogens is 808 g/mol. The number of hydrogen-bond donors (Lipinski definition) is 16. The van der Waals surface area contributed by atoms with Crippen LogP contribution >= 0.6 is 0 Å². The first-order valence-electron chi connectivity index (χ1n) is 21.5. The fourth-order valence-corrected chi connectivity index (χ4v) is 8.55. The van der Waals surface area contributed by atoms with Gasteiger partial charge < -0.3 is 125 Å². The van der Waals surface area contributed by atoms with Gasteiger partial charge in [-0.15, -0.1) is 0 Å². The molecule has 0 unspecified atom stereocenters. The maximum atomic E-state index is 11.0. The Kier molecular flexibility index (Phi) is 21.2. The van der Waals surface area contributed by atoms with Crippen molar-refractivity contribution < 1.29 is 69.3 Å². The van der Waals surface area contributed by atoms with Crippen molar-refractivity contribution in [3.63, 3.8) is 0 Å². The summed E-state index contributed by atoms with van der Waals surface area (Å²) in [7, 11) is 0. The molecule has 0 aromatic heterocycles. The van der Waals surface area contributed by atoms with Crippen LogP contribution in [0.15, 0.2) is 0 Å². The van der Waals surface area contributed by atoms with E-state index in [-0.39, 0.29) is 52.2 Å². The Morgan fingerprint density at radius 3 is 1.23 bits per heavy atom. The monoisotopic (exact) mass is 887 g/mol. The van der Waals surface area contributed by atoms with Crippen molar-refractivity contribution in [2.75, 3.05) is 65.6 Å². The molecule has 4 fully saturated rings. The van der Waals surface area contributed by atoms with Gasteiger partial charge in [0.15, 0.2) is 12.6 Å². The van der Waals surface area contributed by atoms with Crippen LogP contribution in [-0.2, 0) is 28.4 Å². The van der Waals surface area contributed by atoms with Crippen molar-refractivity contribution in [1.29, 1.82) is 0 Å². The third kappa shape index (κ3) is 13.6. The molecule has 360 valence electrons. The first kappa shape index (κ1) is 52.7. The highest BCUT2D eigenvalue weighted by Crippen LogP contribution is 2.30. The summed E-state index contributed by atoms with van der Waals surface area (Å²) in [5.41, 5.74) is 48.7. The van der Waals surface area contributed by atoms with Crippen molar-refractivity contribution >= 4 is 0 Å². The Labute approximate surface area is 357 Å². The van der Waals surface area contributed by atoms with Gasteiger partial charge in [-0.1, -0.05) is 13.8 Å². The molecule has 61 heavy (non-hydrogen) atoms. The van der Waals surface area contributed by atoms with Gasteiger partial charge in [-0.25, -0.2) is 0 Å². The number of aliphatic hydroxyl groups is 8. The van der Waals surface area contributed by atoms with E-state index in [1.807, 2.05) is 23.6 Å². The molecule has 4 aliphatic rings. The van der Waals surface area contributed by atoms with Gasteiger partial charge in [-0.2, -0.15) is 0 Å². The van der Waals surface area contributed by atoms with Crippen molar-refractivity contribution in [3.8, 4) is 0 Å². The van der Waals surface area contributed by atoms with Crippen molar-refractivity contribution in [2.45, 2.75) is 167 Å². The van der Waals surface area contributed by atoms with E-state index < -0.39 is 134 Å². The van der Waals surface area contributed by atoms with E-state index in [1.54, 1.807) is 0 Å². The molecule has 4 rings (SSSR count). The lowest BCUT2D eigenvalue weighted by Gasteiger charge is -2.47. The number of aliphatic hydroxyl groups excluding tert-OH is 8. The summed E-state index contributed by atoms with van der Waals surface area (Å²) >= 11 is 0. The van der Waals surface area contributed by atoms with Crippen LogP contribution in [0.3, 0.4) is 0 Å². The molecular formula is C37H78N10O14. The van der Waals surface area contributed by atoms with Crippen LogP contribution in [-0.4, -0.2) is 251 Å². The van der Waals surface area contributed by atoms with Crippen LogP contribution in [0.2, 0.25) is 0 Å². The quantitative estimate of drug-likeness (QED) is 0.0480. The van der Waals surface area contributed by atoms with Gasteiger partial charge in [-0.05, 0) is 45.4 Å². The highest BCUT2D eigenvalue weighted by atomic mass is 16.7. The number of nitrogens with zero attached hydrogens (tertiary/aromatic N) is 2. The maximum absolute atomic E-state index is 11.0. The van der Waals surface area contributed by atoms with E-state index in [1.165, 1.54) is 0 Å². The van der Waals surface area contributed by atoms with Crippen LogP contribution in [0.25, 0.3) is 0 Å². The van der Waals surface area contributed by atoms with E-state index in [0.29, 0.717) is 32.6 Å². The van der Waals surface area contributed by atoms with Crippen molar-refractivity contribution in [2.24, 2.45) is 45.9 Å². The highest BCUT2D eigenvalue weighted by Gasteiger charge is 2.50. The van der Waals surface area contributed by atoms with E-state index in [9.17, 15) is 40.9 Å². The first-order valence-corrected chi connectivity index (χ1v) is 21.5. The Hall–Kier alpha value is -0.960. The largest absolute Gasteiger partial charge is 0.389 e. The lowest BCUT2D eigenvalue weighted by atomic mass is 9.84. The number of rotatable bonds is 22. The first-order chi connectivity index (χ1) is 28.9. The Balaban J connectivity index is 1.25. The van der Waals surface area contributed by atoms with E-state index in [0.717, 1.165) is 0 Å².